The van der Waals surface area contributed by atoms with Gasteiger partial charge in [-0.1, -0.05) is 18.2 Å². The molecular formula is C31H33N7O2. The minimum absolute atomic E-state index is 0.119. The van der Waals surface area contributed by atoms with Crippen molar-refractivity contribution in [2.45, 2.75) is 38.3 Å². The largest absolute Gasteiger partial charge is 0.494 e. The molecule has 5 heterocycles. The van der Waals surface area contributed by atoms with Crippen molar-refractivity contribution < 1.29 is 4.74 Å². The van der Waals surface area contributed by atoms with Crippen molar-refractivity contribution in [3.63, 3.8) is 0 Å². The third-order valence-corrected chi connectivity index (χ3v) is 8.02. The van der Waals surface area contributed by atoms with Crippen molar-refractivity contribution in [2.75, 3.05) is 32.1 Å². The van der Waals surface area contributed by atoms with Gasteiger partial charge >= 0.3 is 0 Å². The number of piperidine rings is 1. The number of nitrogens with zero attached hydrogens (tertiary/aromatic N) is 6. The van der Waals surface area contributed by atoms with Crippen molar-refractivity contribution >= 4 is 33.6 Å². The van der Waals surface area contributed by atoms with E-state index in [2.05, 4.69) is 63.4 Å². The Morgan fingerprint density at radius 1 is 1.05 bits per heavy atom. The molecule has 0 aliphatic carbocycles. The SMILES string of the molecule is CN1CCC(n2ccc3cc(Nc4ncc5c(=O)n6n(c5n4)-c4cccc(c4)OCCC/C=C\C6)ccc32)CC1. The molecule has 2 aromatic carbocycles. The van der Waals surface area contributed by atoms with E-state index >= 15 is 0 Å². The number of anilines is 2. The molecule has 0 amide bonds. The van der Waals surface area contributed by atoms with E-state index in [0.29, 0.717) is 36.2 Å². The molecule has 3 aromatic heterocycles. The molecule has 2 bridgehead atoms. The van der Waals surface area contributed by atoms with Gasteiger partial charge in [-0.25, -0.2) is 14.3 Å². The third-order valence-electron chi connectivity index (χ3n) is 8.02. The summed E-state index contributed by atoms with van der Waals surface area (Å²) in [5, 5.41) is 5.03. The Kier molecular flexibility index (Phi) is 6.36. The zero-order chi connectivity index (χ0) is 27.1. The first-order chi connectivity index (χ1) is 19.6. The summed E-state index contributed by atoms with van der Waals surface area (Å²) in [5.41, 5.74) is 3.40. The molecule has 9 nitrogen and oxygen atoms in total. The predicted molar refractivity (Wildman–Crippen MR) is 158 cm³/mol. The van der Waals surface area contributed by atoms with Crippen LogP contribution in [0.25, 0.3) is 27.6 Å². The summed E-state index contributed by atoms with van der Waals surface area (Å²) in [5.74, 6) is 1.22. The van der Waals surface area contributed by atoms with Crippen LogP contribution in [0, 0.1) is 0 Å². The van der Waals surface area contributed by atoms with Crippen LogP contribution in [0.4, 0.5) is 11.6 Å². The van der Waals surface area contributed by atoms with Crippen LogP contribution in [0.5, 0.6) is 5.75 Å². The van der Waals surface area contributed by atoms with E-state index in [9.17, 15) is 4.79 Å². The zero-order valence-electron chi connectivity index (χ0n) is 22.7. The lowest BCUT2D eigenvalue weighted by Crippen LogP contribution is -2.31. The maximum atomic E-state index is 13.4. The first-order valence-corrected chi connectivity index (χ1v) is 14.1. The summed E-state index contributed by atoms with van der Waals surface area (Å²) in [4.78, 5) is 25.2. The number of allylic oxidation sites excluding steroid dienone is 2. The van der Waals surface area contributed by atoms with Crippen LogP contribution in [0.15, 0.2) is 77.9 Å². The molecular weight excluding hydrogens is 502 g/mol. The smallest absolute Gasteiger partial charge is 0.278 e. The molecule has 1 N–H and O–H groups in total. The minimum Gasteiger partial charge on any atom is -0.494 e. The summed E-state index contributed by atoms with van der Waals surface area (Å²) in [6.45, 7) is 3.36. The highest BCUT2D eigenvalue weighted by Crippen LogP contribution is 2.30. The van der Waals surface area contributed by atoms with Gasteiger partial charge in [-0.05, 0) is 82.2 Å². The van der Waals surface area contributed by atoms with Crippen LogP contribution in [0.2, 0.25) is 0 Å². The summed E-state index contributed by atoms with van der Waals surface area (Å²) in [6, 6.07) is 16.9. The molecule has 204 valence electrons. The van der Waals surface area contributed by atoms with Gasteiger partial charge in [-0.15, -0.1) is 0 Å². The van der Waals surface area contributed by atoms with Gasteiger partial charge in [0.15, 0.2) is 5.65 Å². The molecule has 40 heavy (non-hydrogen) atoms. The van der Waals surface area contributed by atoms with Gasteiger partial charge in [0.2, 0.25) is 5.95 Å². The molecule has 1 saturated heterocycles. The molecule has 2 aliphatic heterocycles. The summed E-state index contributed by atoms with van der Waals surface area (Å²) < 4.78 is 11.9. The lowest BCUT2D eigenvalue weighted by molar-refractivity contribution is 0.224. The number of aromatic nitrogens is 5. The van der Waals surface area contributed by atoms with Crippen molar-refractivity contribution in [1.82, 2.24) is 28.8 Å². The molecule has 0 radical (unpaired) electrons. The normalized spacial score (nSPS) is 17.6. The van der Waals surface area contributed by atoms with Crippen LogP contribution in [0.3, 0.4) is 0 Å². The topological polar surface area (TPSA) is 82.1 Å². The molecule has 5 aromatic rings. The molecule has 0 unspecified atom stereocenters. The average molecular weight is 536 g/mol. The van der Waals surface area contributed by atoms with Gasteiger partial charge in [0.1, 0.15) is 11.1 Å². The highest BCUT2D eigenvalue weighted by atomic mass is 16.5. The van der Waals surface area contributed by atoms with Crippen molar-refractivity contribution in [1.29, 1.82) is 0 Å². The van der Waals surface area contributed by atoms with Crippen LogP contribution in [-0.2, 0) is 6.54 Å². The van der Waals surface area contributed by atoms with Crippen molar-refractivity contribution in [3.8, 4) is 11.4 Å². The predicted octanol–water partition coefficient (Wildman–Crippen LogP) is 5.28. The fourth-order valence-corrected chi connectivity index (χ4v) is 5.87. The van der Waals surface area contributed by atoms with Gasteiger partial charge in [0.05, 0.1) is 18.8 Å². The maximum absolute atomic E-state index is 13.4. The van der Waals surface area contributed by atoms with Gasteiger partial charge in [0, 0.05) is 41.1 Å². The highest BCUT2D eigenvalue weighted by Gasteiger charge is 2.20. The summed E-state index contributed by atoms with van der Waals surface area (Å²) in [6.07, 6.45) is 12.1. The van der Waals surface area contributed by atoms with E-state index in [1.807, 2.05) is 35.0 Å². The molecule has 0 atom stereocenters. The Morgan fingerprint density at radius 3 is 2.85 bits per heavy atom. The Bertz CT molecular complexity index is 1770. The number of ether oxygens (including phenoxy) is 1. The van der Waals surface area contributed by atoms with Crippen LogP contribution in [0.1, 0.15) is 31.7 Å². The quantitative estimate of drug-likeness (QED) is 0.317. The van der Waals surface area contributed by atoms with Crippen LogP contribution in [-0.4, -0.2) is 55.5 Å². The fraction of sp³-hybridized carbons (Fsp3) is 0.323. The monoisotopic (exact) mass is 535 g/mol. The molecule has 0 saturated carbocycles. The fourth-order valence-electron chi connectivity index (χ4n) is 5.87. The van der Waals surface area contributed by atoms with Gasteiger partial charge < -0.3 is 19.5 Å². The summed E-state index contributed by atoms with van der Waals surface area (Å²) >= 11 is 0. The Hall–Kier alpha value is -4.37. The van der Waals surface area contributed by atoms with E-state index in [-0.39, 0.29) is 5.56 Å². The first kappa shape index (κ1) is 24.7. The second kappa shape index (κ2) is 10.3. The number of likely N-dealkylation sites (tertiary alicyclic amines) is 1. The van der Waals surface area contributed by atoms with E-state index in [1.165, 1.54) is 23.7 Å². The second-order valence-electron chi connectivity index (χ2n) is 10.7. The van der Waals surface area contributed by atoms with E-state index in [4.69, 9.17) is 9.72 Å². The van der Waals surface area contributed by atoms with Crippen molar-refractivity contribution in [2.24, 2.45) is 0 Å². The third kappa shape index (κ3) is 4.56. The van der Waals surface area contributed by atoms with Gasteiger partial charge in [-0.3, -0.25) is 4.79 Å². The summed E-state index contributed by atoms with van der Waals surface area (Å²) in [7, 11) is 2.19. The Morgan fingerprint density at radius 2 is 1.95 bits per heavy atom. The van der Waals surface area contributed by atoms with Gasteiger partial charge in [-0.2, -0.15) is 4.98 Å². The second-order valence-corrected chi connectivity index (χ2v) is 10.7. The molecule has 9 heteroatoms. The highest BCUT2D eigenvalue weighted by molar-refractivity contribution is 5.85. The molecule has 1 fully saturated rings. The first-order valence-electron chi connectivity index (χ1n) is 14.1. The number of fused-ring (bicyclic) bond motifs is 7. The van der Waals surface area contributed by atoms with Crippen LogP contribution < -0.4 is 15.6 Å². The average Bonchev–Trinajstić information content (AvgIpc) is 3.50. The van der Waals surface area contributed by atoms with Crippen LogP contribution >= 0.6 is 0 Å². The minimum atomic E-state index is -0.119. The lowest BCUT2D eigenvalue weighted by atomic mass is 10.1. The van der Waals surface area contributed by atoms with Gasteiger partial charge in [0.25, 0.3) is 5.56 Å². The molecule has 2 aliphatic rings. The molecule has 7 rings (SSSR count). The number of hydrogen-bond acceptors (Lipinski definition) is 6. The van der Waals surface area contributed by atoms with E-state index in [1.54, 1.807) is 10.9 Å². The van der Waals surface area contributed by atoms with E-state index < -0.39 is 0 Å². The van der Waals surface area contributed by atoms with E-state index in [0.717, 1.165) is 43.1 Å². The number of nitrogens with one attached hydrogen (secondary N) is 1. The zero-order valence-corrected chi connectivity index (χ0v) is 22.7. The lowest BCUT2D eigenvalue weighted by Gasteiger charge is -2.30. The number of rotatable bonds is 3. The standard InChI is InChI=1S/C31H33N7O2/c1-35-15-12-24(13-16-35)36-17-11-22-19-23(9-10-28(22)36)33-31-32-21-27-29(34-31)38-25-7-6-8-26(20-25)40-18-5-3-2-4-14-37(38)30(27)39/h2,4,6-11,17,19-21,24H,3,5,12-16,18H2,1H3,(H,32,33,34)/b4-2-. The Labute approximate surface area is 232 Å². The van der Waals surface area contributed by atoms with Crippen molar-refractivity contribution in [3.05, 3.63) is 83.4 Å². The maximum Gasteiger partial charge on any atom is 0.278 e. The molecule has 0 spiro atoms. The number of benzene rings is 2. The number of hydrogen-bond donors (Lipinski definition) is 1. The Balaban J connectivity index is 1.24.